The lowest BCUT2D eigenvalue weighted by Gasteiger charge is -2.37. The van der Waals surface area contributed by atoms with Crippen LogP contribution in [0.5, 0.6) is 0 Å². The zero-order valence-electron chi connectivity index (χ0n) is 10.4. The van der Waals surface area contributed by atoms with Crippen molar-refractivity contribution in [2.45, 2.75) is 25.2 Å². The van der Waals surface area contributed by atoms with Crippen molar-refractivity contribution in [1.82, 2.24) is 0 Å². The Morgan fingerprint density at radius 2 is 2.11 bits per heavy atom. The van der Waals surface area contributed by atoms with Gasteiger partial charge in [-0.2, -0.15) is 0 Å². The standard InChI is InChI=1S/C14H19NO2S/c15-9-14(5-6-18(16,17)10-14)8-12-7-11-3-1-2-4-13(11)12/h1-4,12H,5-10,15H2. The minimum Gasteiger partial charge on any atom is -0.330 e. The second-order valence-corrected chi connectivity index (χ2v) is 8.03. The average Bonchev–Trinajstić information content (AvgIpc) is 2.63. The molecule has 0 aromatic heterocycles. The molecule has 4 heteroatoms. The zero-order chi connectivity index (χ0) is 12.8. The summed E-state index contributed by atoms with van der Waals surface area (Å²) in [6, 6.07) is 8.45. The number of fused-ring (bicyclic) bond motifs is 1. The molecule has 1 aliphatic heterocycles. The van der Waals surface area contributed by atoms with Crippen molar-refractivity contribution >= 4 is 9.84 Å². The quantitative estimate of drug-likeness (QED) is 0.900. The lowest BCUT2D eigenvalue weighted by molar-refractivity contribution is 0.278. The van der Waals surface area contributed by atoms with Crippen molar-refractivity contribution in [3.63, 3.8) is 0 Å². The third-order valence-electron chi connectivity index (χ3n) is 4.54. The first-order valence-electron chi connectivity index (χ1n) is 6.52. The van der Waals surface area contributed by atoms with Gasteiger partial charge >= 0.3 is 0 Å². The number of benzene rings is 1. The van der Waals surface area contributed by atoms with Crippen LogP contribution < -0.4 is 5.73 Å². The molecule has 3 nitrogen and oxygen atoms in total. The van der Waals surface area contributed by atoms with E-state index in [0.29, 0.717) is 18.2 Å². The molecule has 2 unspecified atom stereocenters. The van der Waals surface area contributed by atoms with Crippen LogP contribution >= 0.6 is 0 Å². The van der Waals surface area contributed by atoms with Crippen molar-refractivity contribution in [2.75, 3.05) is 18.1 Å². The molecular formula is C14H19NO2S. The molecule has 2 atom stereocenters. The average molecular weight is 265 g/mol. The number of nitrogens with two attached hydrogens (primary N) is 1. The fourth-order valence-electron chi connectivity index (χ4n) is 3.46. The second kappa shape index (κ2) is 4.07. The third kappa shape index (κ3) is 1.97. The van der Waals surface area contributed by atoms with Gasteiger partial charge < -0.3 is 5.73 Å². The van der Waals surface area contributed by atoms with Gasteiger partial charge in [-0.05, 0) is 48.3 Å². The predicted molar refractivity (Wildman–Crippen MR) is 72.3 cm³/mol. The fourth-order valence-corrected chi connectivity index (χ4v) is 5.66. The second-order valence-electron chi connectivity index (χ2n) is 5.85. The Balaban J connectivity index is 1.78. The van der Waals surface area contributed by atoms with Crippen LogP contribution in [0.4, 0.5) is 0 Å². The Morgan fingerprint density at radius 3 is 2.72 bits per heavy atom. The van der Waals surface area contributed by atoms with Crippen LogP contribution in [0.15, 0.2) is 24.3 Å². The summed E-state index contributed by atoms with van der Waals surface area (Å²) in [6.45, 7) is 0.491. The SMILES string of the molecule is NCC1(CC2Cc3ccccc32)CCS(=O)(=O)C1. The monoisotopic (exact) mass is 265 g/mol. The van der Waals surface area contributed by atoms with Crippen molar-refractivity contribution < 1.29 is 8.42 Å². The van der Waals surface area contributed by atoms with Crippen molar-refractivity contribution in [3.8, 4) is 0 Å². The van der Waals surface area contributed by atoms with Crippen LogP contribution in [-0.2, 0) is 16.3 Å². The number of rotatable bonds is 3. The Labute approximate surface area is 108 Å². The van der Waals surface area contributed by atoms with Gasteiger partial charge in [-0.15, -0.1) is 0 Å². The van der Waals surface area contributed by atoms with Gasteiger partial charge in [-0.25, -0.2) is 8.42 Å². The third-order valence-corrected chi connectivity index (χ3v) is 6.42. The van der Waals surface area contributed by atoms with E-state index in [2.05, 4.69) is 24.3 Å². The molecule has 0 saturated carbocycles. The first-order chi connectivity index (χ1) is 8.54. The van der Waals surface area contributed by atoms with E-state index in [1.54, 1.807) is 0 Å². The van der Waals surface area contributed by atoms with E-state index in [1.165, 1.54) is 11.1 Å². The van der Waals surface area contributed by atoms with E-state index >= 15 is 0 Å². The largest absolute Gasteiger partial charge is 0.330 e. The molecule has 1 aromatic rings. The Morgan fingerprint density at radius 1 is 1.33 bits per heavy atom. The molecule has 1 fully saturated rings. The molecule has 1 aromatic carbocycles. The highest BCUT2D eigenvalue weighted by molar-refractivity contribution is 7.91. The molecule has 0 bridgehead atoms. The maximum atomic E-state index is 11.7. The van der Waals surface area contributed by atoms with Gasteiger partial charge in [-0.1, -0.05) is 24.3 Å². The number of hydrogen-bond donors (Lipinski definition) is 1. The van der Waals surface area contributed by atoms with Crippen LogP contribution in [-0.4, -0.2) is 26.5 Å². The van der Waals surface area contributed by atoms with E-state index in [9.17, 15) is 8.42 Å². The first kappa shape index (κ1) is 12.2. The van der Waals surface area contributed by atoms with Crippen molar-refractivity contribution in [1.29, 1.82) is 0 Å². The van der Waals surface area contributed by atoms with Crippen LogP contribution in [0.3, 0.4) is 0 Å². The minimum absolute atomic E-state index is 0.170. The van der Waals surface area contributed by atoms with Gasteiger partial charge in [0.1, 0.15) is 0 Å². The molecule has 2 aliphatic rings. The highest BCUT2D eigenvalue weighted by Gasteiger charge is 2.44. The molecule has 98 valence electrons. The minimum atomic E-state index is -2.85. The predicted octanol–water partition coefficient (Wildman–Crippen LogP) is 1.48. The fraction of sp³-hybridized carbons (Fsp3) is 0.571. The van der Waals surface area contributed by atoms with E-state index in [1.807, 2.05) is 0 Å². The van der Waals surface area contributed by atoms with Crippen LogP contribution in [0, 0.1) is 5.41 Å². The summed E-state index contributed by atoms with van der Waals surface area (Å²) in [6.07, 6.45) is 2.75. The van der Waals surface area contributed by atoms with Gasteiger partial charge in [0, 0.05) is 0 Å². The molecule has 2 N–H and O–H groups in total. The summed E-state index contributed by atoms with van der Waals surface area (Å²) in [4.78, 5) is 0. The molecule has 1 saturated heterocycles. The van der Waals surface area contributed by atoms with Gasteiger partial charge in [-0.3, -0.25) is 0 Å². The lowest BCUT2D eigenvalue weighted by Crippen LogP contribution is -2.35. The van der Waals surface area contributed by atoms with Crippen LogP contribution in [0.25, 0.3) is 0 Å². The summed E-state index contributed by atoms with van der Waals surface area (Å²) in [5.41, 5.74) is 8.51. The van der Waals surface area contributed by atoms with Gasteiger partial charge in [0.15, 0.2) is 9.84 Å². The normalized spacial score (nSPS) is 32.8. The maximum Gasteiger partial charge on any atom is 0.150 e. The van der Waals surface area contributed by atoms with E-state index in [-0.39, 0.29) is 11.2 Å². The van der Waals surface area contributed by atoms with Crippen molar-refractivity contribution in [3.05, 3.63) is 35.4 Å². The van der Waals surface area contributed by atoms with Crippen LogP contribution in [0.2, 0.25) is 0 Å². The van der Waals surface area contributed by atoms with E-state index in [0.717, 1.165) is 19.3 Å². The molecule has 1 aliphatic carbocycles. The summed E-state index contributed by atoms with van der Waals surface area (Å²) in [7, 11) is -2.85. The van der Waals surface area contributed by atoms with Gasteiger partial charge in [0.25, 0.3) is 0 Å². The van der Waals surface area contributed by atoms with E-state index < -0.39 is 9.84 Å². The molecule has 18 heavy (non-hydrogen) atoms. The molecular weight excluding hydrogens is 246 g/mol. The highest BCUT2D eigenvalue weighted by Crippen LogP contribution is 2.46. The number of sulfone groups is 1. The van der Waals surface area contributed by atoms with E-state index in [4.69, 9.17) is 5.73 Å². The summed E-state index contributed by atoms with van der Waals surface area (Å²) < 4.78 is 23.4. The van der Waals surface area contributed by atoms with Gasteiger partial charge in [0.2, 0.25) is 0 Å². The van der Waals surface area contributed by atoms with Crippen LogP contribution in [0.1, 0.15) is 29.9 Å². The Bertz CT molecular complexity index is 567. The highest BCUT2D eigenvalue weighted by atomic mass is 32.2. The summed E-state index contributed by atoms with van der Waals surface area (Å²) >= 11 is 0. The molecule has 0 amide bonds. The lowest BCUT2D eigenvalue weighted by atomic mass is 9.68. The smallest absolute Gasteiger partial charge is 0.150 e. The molecule has 0 radical (unpaired) electrons. The summed E-state index contributed by atoms with van der Waals surface area (Å²) in [5.74, 6) is 1.12. The molecule has 3 rings (SSSR count). The summed E-state index contributed by atoms with van der Waals surface area (Å²) in [5, 5.41) is 0. The van der Waals surface area contributed by atoms with Gasteiger partial charge in [0.05, 0.1) is 11.5 Å². The molecule has 0 spiro atoms. The molecule has 1 heterocycles. The first-order valence-corrected chi connectivity index (χ1v) is 8.34. The maximum absolute atomic E-state index is 11.7. The topological polar surface area (TPSA) is 60.2 Å². The Hall–Kier alpha value is -0.870. The van der Waals surface area contributed by atoms with Crippen molar-refractivity contribution in [2.24, 2.45) is 11.1 Å². The number of hydrogen-bond acceptors (Lipinski definition) is 3. The Kier molecular flexibility index (Phi) is 2.75. The zero-order valence-corrected chi connectivity index (χ0v) is 11.2.